The van der Waals surface area contributed by atoms with Gasteiger partial charge in [-0.1, -0.05) is 0 Å². The number of halogens is 1. The third-order valence-corrected chi connectivity index (χ3v) is 3.24. The lowest BCUT2D eigenvalue weighted by molar-refractivity contribution is 0.0852. The summed E-state index contributed by atoms with van der Waals surface area (Å²) in [6, 6.07) is 1.91. The van der Waals surface area contributed by atoms with Crippen LogP contribution in [0, 0.1) is 5.82 Å². The topological polar surface area (TPSA) is 51.4 Å². The molecule has 94 valence electrons. The molecule has 17 heavy (non-hydrogen) atoms. The second kappa shape index (κ2) is 5.42. The summed E-state index contributed by atoms with van der Waals surface area (Å²) in [4.78, 5) is 6.02. The standard InChI is InChI=1S/C12H18FN3O/c1-16(10-3-6-17-7-4-10)12-11(13)9(8-14)2-5-15-12/h2,5,10H,3-4,6-8,14H2,1H3. The molecule has 1 aromatic heterocycles. The van der Waals surface area contributed by atoms with Crippen LogP contribution >= 0.6 is 0 Å². The van der Waals surface area contributed by atoms with Crippen molar-refractivity contribution in [2.24, 2.45) is 5.73 Å². The second-order valence-corrected chi connectivity index (χ2v) is 4.27. The van der Waals surface area contributed by atoms with E-state index in [-0.39, 0.29) is 12.4 Å². The lowest BCUT2D eigenvalue weighted by atomic mass is 10.1. The average Bonchev–Trinajstić information content (AvgIpc) is 2.39. The number of anilines is 1. The number of ether oxygens (including phenoxy) is 1. The molecule has 0 radical (unpaired) electrons. The largest absolute Gasteiger partial charge is 0.381 e. The van der Waals surface area contributed by atoms with Gasteiger partial charge >= 0.3 is 0 Å². The van der Waals surface area contributed by atoms with Crippen LogP contribution in [0.3, 0.4) is 0 Å². The maximum atomic E-state index is 14.1. The van der Waals surface area contributed by atoms with Gasteiger partial charge in [-0.05, 0) is 18.9 Å². The van der Waals surface area contributed by atoms with Crippen molar-refractivity contribution < 1.29 is 9.13 Å². The summed E-state index contributed by atoms with van der Waals surface area (Å²) in [5, 5.41) is 0. The second-order valence-electron chi connectivity index (χ2n) is 4.27. The maximum Gasteiger partial charge on any atom is 0.170 e. The molecule has 0 atom stereocenters. The van der Waals surface area contributed by atoms with Crippen LogP contribution in [0.2, 0.25) is 0 Å². The van der Waals surface area contributed by atoms with Crippen molar-refractivity contribution >= 4 is 5.82 Å². The van der Waals surface area contributed by atoms with E-state index in [4.69, 9.17) is 10.5 Å². The van der Waals surface area contributed by atoms with E-state index in [1.165, 1.54) is 0 Å². The van der Waals surface area contributed by atoms with Crippen LogP contribution in [0.4, 0.5) is 10.2 Å². The van der Waals surface area contributed by atoms with E-state index in [0.717, 1.165) is 26.1 Å². The maximum absolute atomic E-state index is 14.1. The third-order valence-electron chi connectivity index (χ3n) is 3.24. The van der Waals surface area contributed by atoms with Crippen LogP contribution in [0.15, 0.2) is 12.3 Å². The molecule has 0 aromatic carbocycles. The molecule has 2 heterocycles. The van der Waals surface area contributed by atoms with Crippen LogP contribution in [0.1, 0.15) is 18.4 Å². The predicted molar refractivity (Wildman–Crippen MR) is 64.3 cm³/mol. The van der Waals surface area contributed by atoms with Gasteiger partial charge in [-0.3, -0.25) is 0 Å². The van der Waals surface area contributed by atoms with Gasteiger partial charge in [-0.25, -0.2) is 9.37 Å². The van der Waals surface area contributed by atoms with Gasteiger partial charge in [0.2, 0.25) is 0 Å². The van der Waals surface area contributed by atoms with Crippen LogP contribution in [0.5, 0.6) is 0 Å². The van der Waals surface area contributed by atoms with E-state index in [0.29, 0.717) is 17.4 Å². The number of nitrogens with two attached hydrogens (primary N) is 1. The summed E-state index contributed by atoms with van der Waals surface area (Å²) >= 11 is 0. The van der Waals surface area contributed by atoms with E-state index < -0.39 is 0 Å². The van der Waals surface area contributed by atoms with Gasteiger partial charge in [-0.15, -0.1) is 0 Å². The Morgan fingerprint density at radius 3 is 2.88 bits per heavy atom. The molecule has 0 spiro atoms. The van der Waals surface area contributed by atoms with Crippen LogP contribution in [0.25, 0.3) is 0 Å². The van der Waals surface area contributed by atoms with Crippen molar-refractivity contribution in [1.29, 1.82) is 0 Å². The molecule has 2 N–H and O–H groups in total. The summed E-state index contributed by atoms with van der Waals surface area (Å²) in [5.41, 5.74) is 6.00. The van der Waals surface area contributed by atoms with Gasteiger partial charge in [0.05, 0.1) is 0 Å². The number of hydrogen-bond acceptors (Lipinski definition) is 4. The monoisotopic (exact) mass is 239 g/mol. The van der Waals surface area contributed by atoms with E-state index >= 15 is 0 Å². The van der Waals surface area contributed by atoms with Gasteiger partial charge in [0.15, 0.2) is 11.6 Å². The Morgan fingerprint density at radius 1 is 1.53 bits per heavy atom. The lowest BCUT2D eigenvalue weighted by Gasteiger charge is -2.32. The minimum Gasteiger partial charge on any atom is -0.381 e. The van der Waals surface area contributed by atoms with Crippen molar-refractivity contribution in [2.75, 3.05) is 25.2 Å². The van der Waals surface area contributed by atoms with E-state index in [1.54, 1.807) is 12.3 Å². The molecule has 0 amide bonds. The molecule has 0 unspecified atom stereocenters. The van der Waals surface area contributed by atoms with Gasteiger partial charge in [-0.2, -0.15) is 0 Å². The molecule has 1 aliphatic rings. The molecule has 0 aliphatic carbocycles. The van der Waals surface area contributed by atoms with Gasteiger partial charge in [0.1, 0.15) is 0 Å². The zero-order valence-electron chi connectivity index (χ0n) is 10.0. The van der Waals surface area contributed by atoms with E-state index in [2.05, 4.69) is 4.98 Å². The summed E-state index contributed by atoms with van der Waals surface area (Å²) in [7, 11) is 1.88. The van der Waals surface area contributed by atoms with Gasteiger partial charge in [0.25, 0.3) is 0 Å². The zero-order valence-corrected chi connectivity index (χ0v) is 10.0. The first kappa shape index (κ1) is 12.3. The SMILES string of the molecule is CN(c1nccc(CN)c1F)C1CCOCC1. The zero-order chi connectivity index (χ0) is 12.3. The third kappa shape index (κ3) is 2.56. The van der Waals surface area contributed by atoms with Crippen LogP contribution < -0.4 is 10.6 Å². The molecular weight excluding hydrogens is 221 g/mol. The average molecular weight is 239 g/mol. The number of rotatable bonds is 3. The Labute approximate surface area is 101 Å². The Hall–Kier alpha value is -1.20. The molecule has 1 saturated heterocycles. The minimum atomic E-state index is -0.302. The summed E-state index contributed by atoms with van der Waals surface area (Å²) in [5.74, 6) is 0.0869. The van der Waals surface area contributed by atoms with Crippen LogP contribution in [-0.2, 0) is 11.3 Å². The predicted octanol–water partition coefficient (Wildman–Crippen LogP) is 1.29. The molecular formula is C12H18FN3O. The first-order valence-electron chi connectivity index (χ1n) is 5.88. The smallest absolute Gasteiger partial charge is 0.170 e. The fourth-order valence-electron chi connectivity index (χ4n) is 2.12. The number of pyridine rings is 1. The Morgan fingerprint density at radius 2 is 2.24 bits per heavy atom. The van der Waals surface area contributed by atoms with Crippen molar-refractivity contribution in [2.45, 2.75) is 25.4 Å². The Kier molecular flexibility index (Phi) is 3.91. The fourth-order valence-corrected chi connectivity index (χ4v) is 2.12. The van der Waals surface area contributed by atoms with Crippen molar-refractivity contribution in [3.8, 4) is 0 Å². The molecule has 0 bridgehead atoms. The highest BCUT2D eigenvalue weighted by molar-refractivity contribution is 5.43. The normalized spacial score (nSPS) is 17.1. The van der Waals surface area contributed by atoms with Gasteiger partial charge < -0.3 is 15.4 Å². The molecule has 4 nitrogen and oxygen atoms in total. The highest BCUT2D eigenvalue weighted by atomic mass is 19.1. The number of nitrogens with zero attached hydrogens (tertiary/aromatic N) is 2. The van der Waals surface area contributed by atoms with Crippen molar-refractivity contribution in [1.82, 2.24) is 4.98 Å². The summed E-state index contributed by atoms with van der Waals surface area (Å²) in [6.07, 6.45) is 3.42. The highest BCUT2D eigenvalue weighted by Crippen LogP contribution is 2.23. The highest BCUT2D eigenvalue weighted by Gasteiger charge is 2.22. The minimum absolute atomic E-state index is 0.197. The molecule has 5 heteroatoms. The molecule has 1 aliphatic heterocycles. The first-order valence-corrected chi connectivity index (χ1v) is 5.88. The molecule has 1 aromatic rings. The number of aromatic nitrogens is 1. The van der Waals surface area contributed by atoms with Gasteiger partial charge in [0, 0.05) is 44.6 Å². The Balaban J connectivity index is 2.20. The molecule has 1 fully saturated rings. The van der Waals surface area contributed by atoms with Crippen molar-refractivity contribution in [3.05, 3.63) is 23.6 Å². The van der Waals surface area contributed by atoms with E-state index in [1.807, 2.05) is 11.9 Å². The summed E-state index contributed by atoms with van der Waals surface area (Å²) in [6.45, 7) is 1.66. The fraction of sp³-hybridized carbons (Fsp3) is 0.583. The molecule has 0 saturated carbocycles. The first-order chi connectivity index (χ1) is 8.24. The van der Waals surface area contributed by atoms with E-state index in [9.17, 15) is 4.39 Å². The Bertz CT molecular complexity index is 380. The lowest BCUT2D eigenvalue weighted by Crippen LogP contribution is -2.37. The summed E-state index contributed by atoms with van der Waals surface area (Å²) < 4.78 is 19.4. The number of hydrogen-bond donors (Lipinski definition) is 1. The van der Waals surface area contributed by atoms with Crippen LogP contribution in [-0.4, -0.2) is 31.3 Å². The molecule has 2 rings (SSSR count). The quantitative estimate of drug-likeness (QED) is 0.863. The van der Waals surface area contributed by atoms with Crippen molar-refractivity contribution in [3.63, 3.8) is 0 Å².